The number of hydrogen-bond acceptors (Lipinski definition) is 5. The SMILES string of the molecule is CC(Cc1ccc(C#N)cc1)(NC(=O)C1CC(C(=O)NCc2ccccc2)CN(CCc2ccccc2)C1)c1cnc[nH]1. The van der Waals surface area contributed by atoms with Crippen LogP contribution >= 0.6 is 0 Å². The largest absolute Gasteiger partial charge is 0.352 e. The Hall–Kier alpha value is -4.74. The third-order valence-electron chi connectivity index (χ3n) is 8.27. The fourth-order valence-electron chi connectivity index (χ4n) is 5.86. The van der Waals surface area contributed by atoms with Crippen molar-refractivity contribution in [1.82, 2.24) is 25.5 Å². The first-order valence-corrected chi connectivity index (χ1v) is 14.8. The Kier molecular flexibility index (Phi) is 9.65. The number of piperidine rings is 1. The Balaban J connectivity index is 1.32. The quantitative estimate of drug-likeness (QED) is 0.247. The lowest BCUT2D eigenvalue weighted by Crippen LogP contribution is -2.54. The van der Waals surface area contributed by atoms with E-state index in [2.05, 4.69) is 43.7 Å². The number of likely N-dealkylation sites (tertiary alicyclic amines) is 1. The summed E-state index contributed by atoms with van der Waals surface area (Å²) >= 11 is 0. The van der Waals surface area contributed by atoms with Crippen molar-refractivity contribution in [2.75, 3.05) is 19.6 Å². The molecule has 1 aliphatic rings. The van der Waals surface area contributed by atoms with E-state index in [1.165, 1.54) is 5.56 Å². The number of carbonyl (C=O) groups excluding carboxylic acids is 2. The molecule has 8 heteroatoms. The van der Waals surface area contributed by atoms with Crippen molar-refractivity contribution in [3.05, 3.63) is 125 Å². The number of nitriles is 1. The number of nitrogens with one attached hydrogen (secondary N) is 3. The molecule has 0 aliphatic carbocycles. The molecule has 3 unspecified atom stereocenters. The molecule has 0 bridgehead atoms. The summed E-state index contributed by atoms with van der Waals surface area (Å²) in [6, 6.07) is 29.7. The van der Waals surface area contributed by atoms with Gasteiger partial charge in [0.1, 0.15) is 0 Å². The van der Waals surface area contributed by atoms with E-state index in [0.29, 0.717) is 38.0 Å². The molecule has 2 heterocycles. The normalized spacial score (nSPS) is 18.2. The van der Waals surface area contributed by atoms with Crippen molar-refractivity contribution in [2.45, 2.75) is 38.3 Å². The van der Waals surface area contributed by atoms with Crippen molar-refractivity contribution in [2.24, 2.45) is 11.8 Å². The van der Waals surface area contributed by atoms with Gasteiger partial charge in [0.15, 0.2) is 0 Å². The van der Waals surface area contributed by atoms with Crippen LogP contribution in [0.3, 0.4) is 0 Å². The predicted molar refractivity (Wildman–Crippen MR) is 165 cm³/mol. The molecule has 3 atom stereocenters. The van der Waals surface area contributed by atoms with E-state index >= 15 is 0 Å². The Morgan fingerprint density at radius 2 is 1.58 bits per heavy atom. The molecule has 3 aromatic carbocycles. The van der Waals surface area contributed by atoms with Crippen LogP contribution in [0.1, 0.15) is 41.3 Å². The highest BCUT2D eigenvalue weighted by Crippen LogP contribution is 2.28. The number of aromatic nitrogens is 2. The number of rotatable bonds is 11. The number of aromatic amines is 1. The maximum atomic E-state index is 14.0. The monoisotopic (exact) mass is 574 g/mol. The summed E-state index contributed by atoms with van der Waals surface area (Å²) in [7, 11) is 0. The van der Waals surface area contributed by atoms with E-state index in [1.807, 2.05) is 67.6 Å². The summed E-state index contributed by atoms with van der Waals surface area (Å²) in [4.78, 5) is 37.1. The highest BCUT2D eigenvalue weighted by atomic mass is 16.2. The molecular weight excluding hydrogens is 536 g/mol. The summed E-state index contributed by atoms with van der Waals surface area (Å²) < 4.78 is 0. The molecule has 0 radical (unpaired) electrons. The van der Waals surface area contributed by atoms with Crippen LogP contribution in [0.2, 0.25) is 0 Å². The fraction of sp³-hybridized carbons (Fsp3) is 0.314. The minimum Gasteiger partial charge on any atom is -0.352 e. The van der Waals surface area contributed by atoms with Crippen molar-refractivity contribution < 1.29 is 9.59 Å². The summed E-state index contributed by atoms with van der Waals surface area (Å²) in [6.45, 7) is 4.40. The van der Waals surface area contributed by atoms with Crippen LogP contribution in [0, 0.1) is 23.2 Å². The maximum absolute atomic E-state index is 14.0. The first-order chi connectivity index (χ1) is 20.9. The Labute approximate surface area is 253 Å². The maximum Gasteiger partial charge on any atom is 0.225 e. The number of amides is 2. The number of hydrogen-bond donors (Lipinski definition) is 3. The van der Waals surface area contributed by atoms with Gasteiger partial charge in [0.25, 0.3) is 0 Å². The molecule has 220 valence electrons. The Morgan fingerprint density at radius 3 is 2.21 bits per heavy atom. The standard InChI is InChI=1S/C35H38N6O2/c1-35(32-22-37-25-39-32,19-27-12-14-28(20-36)15-13-27)40-34(43)31-18-30(33(42)38-21-29-10-6-3-7-11-29)23-41(24-31)17-16-26-8-4-2-5-9-26/h2-15,22,25,30-31H,16-19,21,23-24H2,1H3,(H,37,39)(H,38,42)(H,40,43). The zero-order valence-electron chi connectivity index (χ0n) is 24.5. The highest BCUT2D eigenvalue weighted by molar-refractivity contribution is 5.83. The number of nitrogens with zero attached hydrogens (tertiary/aromatic N) is 3. The zero-order valence-corrected chi connectivity index (χ0v) is 24.5. The Morgan fingerprint density at radius 1 is 0.930 bits per heavy atom. The van der Waals surface area contributed by atoms with Gasteiger partial charge in [-0.15, -0.1) is 0 Å². The second-order valence-corrected chi connectivity index (χ2v) is 11.6. The van der Waals surface area contributed by atoms with E-state index in [9.17, 15) is 14.9 Å². The second-order valence-electron chi connectivity index (χ2n) is 11.6. The summed E-state index contributed by atoms with van der Waals surface area (Å²) in [5, 5.41) is 15.6. The van der Waals surface area contributed by atoms with Gasteiger partial charge < -0.3 is 20.5 Å². The molecule has 8 nitrogen and oxygen atoms in total. The minimum absolute atomic E-state index is 0.0278. The van der Waals surface area contributed by atoms with Gasteiger partial charge in [-0.25, -0.2) is 4.98 Å². The number of benzene rings is 3. The van der Waals surface area contributed by atoms with E-state index in [0.717, 1.165) is 29.8 Å². The highest BCUT2D eigenvalue weighted by Gasteiger charge is 2.38. The van der Waals surface area contributed by atoms with Crippen molar-refractivity contribution in [1.29, 1.82) is 5.26 Å². The van der Waals surface area contributed by atoms with E-state index in [1.54, 1.807) is 24.7 Å². The molecule has 4 aromatic rings. The lowest BCUT2D eigenvalue weighted by Gasteiger charge is -2.38. The van der Waals surface area contributed by atoms with Crippen LogP contribution in [0.25, 0.3) is 0 Å². The summed E-state index contributed by atoms with van der Waals surface area (Å²) in [5.41, 5.74) is 3.87. The van der Waals surface area contributed by atoms with Gasteiger partial charge in [-0.3, -0.25) is 9.59 Å². The van der Waals surface area contributed by atoms with Crippen LogP contribution in [-0.4, -0.2) is 46.3 Å². The molecule has 43 heavy (non-hydrogen) atoms. The van der Waals surface area contributed by atoms with Crippen molar-refractivity contribution in [3.8, 4) is 6.07 Å². The fourth-order valence-corrected chi connectivity index (χ4v) is 5.86. The topological polar surface area (TPSA) is 114 Å². The van der Waals surface area contributed by atoms with E-state index < -0.39 is 5.54 Å². The smallest absolute Gasteiger partial charge is 0.225 e. The van der Waals surface area contributed by atoms with Gasteiger partial charge in [-0.2, -0.15) is 5.26 Å². The molecule has 2 amide bonds. The van der Waals surface area contributed by atoms with Gasteiger partial charge in [0, 0.05) is 32.6 Å². The van der Waals surface area contributed by atoms with Crippen LogP contribution in [0.4, 0.5) is 0 Å². The minimum atomic E-state index is -0.765. The molecule has 5 rings (SSSR count). The average Bonchev–Trinajstić information content (AvgIpc) is 3.60. The zero-order chi connectivity index (χ0) is 30.1. The Bertz CT molecular complexity index is 1520. The second kappa shape index (κ2) is 14.0. The molecule has 0 saturated carbocycles. The molecular formula is C35H38N6O2. The number of H-pyrrole nitrogens is 1. The van der Waals surface area contributed by atoms with Crippen molar-refractivity contribution >= 4 is 11.8 Å². The van der Waals surface area contributed by atoms with Gasteiger partial charge in [-0.05, 0) is 48.6 Å². The third-order valence-corrected chi connectivity index (χ3v) is 8.27. The van der Waals surface area contributed by atoms with Gasteiger partial charge in [-0.1, -0.05) is 72.8 Å². The first-order valence-electron chi connectivity index (χ1n) is 14.8. The lowest BCUT2D eigenvalue weighted by molar-refractivity contribution is -0.133. The number of carbonyl (C=O) groups is 2. The first kappa shape index (κ1) is 29.7. The van der Waals surface area contributed by atoms with Crippen molar-refractivity contribution in [3.63, 3.8) is 0 Å². The predicted octanol–water partition coefficient (Wildman–Crippen LogP) is 4.35. The van der Waals surface area contributed by atoms with Crippen LogP contribution in [-0.2, 0) is 34.5 Å². The number of imidazole rings is 1. The summed E-state index contributed by atoms with van der Waals surface area (Å²) in [6.07, 6.45) is 5.18. The van der Waals surface area contributed by atoms with E-state index in [4.69, 9.17) is 0 Å². The molecule has 1 saturated heterocycles. The average molecular weight is 575 g/mol. The molecule has 1 fully saturated rings. The molecule has 3 N–H and O–H groups in total. The molecule has 0 spiro atoms. The van der Waals surface area contributed by atoms with Gasteiger partial charge in [0.05, 0.1) is 47.2 Å². The molecule has 1 aromatic heterocycles. The lowest BCUT2D eigenvalue weighted by atomic mass is 9.85. The third kappa shape index (κ3) is 7.97. The van der Waals surface area contributed by atoms with Crippen LogP contribution in [0.15, 0.2) is 97.5 Å². The van der Waals surface area contributed by atoms with Crippen LogP contribution < -0.4 is 10.6 Å². The van der Waals surface area contributed by atoms with Gasteiger partial charge >= 0.3 is 0 Å². The summed E-state index contributed by atoms with van der Waals surface area (Å²) in [5.74, 6) is -0.780. The van der Waals surface area contributed by atoms with Gasteiger partial charge in [0.2, 0.25) is 11.8 Å². The van der Waals surface area contributed by atoms with Crippen LogP contribution in [0.5, 0.6) is 0 Å². The molecule has 1 aliphatic heterocycles. The van der Waals surface area contributed by atoms with E-state index in [-0.39, 0.29) is 23.7 Å².